The predicted molar refractivity (Wildman–Crippen MR) is 92.8 cm³/mol. The van der Waals surface area contributed by atoms with E-state index >= 15 is 0 Å². The van der Waals surface area contributed by atoms with Crippen LogP contribution in [0.2, 0.25) is 0 Å². The molecule has 2 aromatic rings. The number of amides is 1. The second-order valence-corrected chi connectivity index (χ2v) is 6.12. The molecule has 6 heteroatoms. The third-order valence-corrected chi connectivity index (χ3v) is 4.14. The summed E-state index contributed by atoms with van der Waals surface area (Å²) in [6.07, 6.45) is 3.64. The smallest absolute Gasteiger partial charge is 0.221 e. The summed E-state index contributed by atoms with van der Waals surface area (Å²) >= 11 is 0. The van der Waals surface area contributed by atoms with E-state index < -0.39 is 0 Å². The SMILES string of the molecule is CC(=O)Nc1cnc2ccc(C#N)cc2c1N[C@@H]1CCO[C@H](C)C1. The average Bonchev–Trinajstić information content (AvgIpc) is 2.56. The molecule has 24 heavy (non-hydrogen) atoms. The zero-order chi connectivity index (χ0) is 17.1. The van der Waals surface area contributed by atoms with Gasteiger partial charge in [-0.3, -0.25) is 9.78 Å². The van der Waals surface area contributed by atoms with E-state index in [1.54, 1.807) is 18.3 Å². The number of aromatic nitrogens is 1. The number of rotatable bonds is 3. The van der Waals surface area contributed by atoms with Crippen molar-refractivity contribution in [1.29, 1.82) is 5.26 Å². The van der Waals surface area contributed by atoms with Gasteiger partial charge in [-0.05, 0) is 38.0 Å². The van der Waals surface area contributed by atoms with Crippen molar-refractivity contribution < 1.29 is 9.53 Å². The standard InChI is InChI=1S/C18H20N4O2/c1-11-7-14(5-6-24-11)22-18-15-8-13(9-19)3-4-16(15)20-10-17(18)21-12(2)23/h3-4,8,10-11,14H,5-7H2,1-2H3,(H,20,22)(H,21,23)/t11-,14-/m1/s1. The Bertz CT molecular complexity index is 813. The number of pyridine rings is 1. The zero-order valence-electron chi connectivity index (χ0n) is 13.8. The lowest BCUT2D eigenvalue weighted by Crippen LogP contribution is -2.32. The van der Waals surface area contributed by atoms with Crippen LogP contribution in [0.25, 0.3) is 10.9 Å². The van der Waals surface area contributed by atoms with E-state index in [1.165, 1.54) is 6.92 Å². The van der Waals surface area contributed by atoms with Crippen molar-refractivity contribution in [3.63, 3.8) is 0 Å². The first-order chi connectivity index (χ1) is 11.6. The van der Waals surface area contributed by atoms with Crippen LogP contribution in [-0.2, 0) is 9.53 Å². The summed E-state index contributed by atoms with van der Waals surface area (Å²) in [5.41, 5.74) is 2.79. The maximum atomic E-state index is 11.5. The van der Waals surface area contributed by atoms with Gasteiger partial charge in [-0.25, -0.2) is 0 Å². The average molecular weight is 324 g/mol. The fourth-order valence-electron chi connectivity index (χ4n) is 3.04. The fourth-order valence-corrected chi connectivity index (χ4v) is 3.04. The van der Waals surface area contributed by atoms with Gasteiger partial charge < -0.3 is 15.4 Å². The van der Waals surface area contributed by atoms with Crippen LogP contribution in [0.15, 0.2) is 24.4 Å². The second kappa shape index (κ2) is 6.85. The summed E-state index contributed by atoms with van der Waals surface area (Å²) in [7, 11) is 0. The normalized spacial score (nSPS) is 20.4. The molecular formula is C18H20N4O2. The van der Waals surface area contributed by atoms with Crippen molar-refractivity contribution in [3.05, 3.63) is 30.0 Å². The van der Waals surface area contributed by atoms with Gasteiger partial charge in [0.1, 0.15) is 0 Å². The molecule has 1 saturated heterocycles. The molecule has 1 fully saturated rings. The van der Waals surface area contributed by atoms with Crippen molar-refractivity contribution in [2.24, 2.45) is 0 Å². The van der Waals surface area contributed by atoms with Gasteiger partial charge in [0.25, 0.3) is 0 Å². The largest absolute Gasteiger partial charge is 0.380 e. The van der Waals surface area contributed by atoms with Gasteiger partial charge >= 0.3 is 0 Å². The summed E-state index contributed by atoms with van der Waals surface area (Å²) in [5.74, 6) is -0.156. The molecule has 1 aliphatic heterocycles. The molecule has 2 heterocycles. The number of nitrogens with zero attached hydrogens (tertiary/aromatic N) is 2. The number of carbonyl (C=O) groups excluding carboxylic acids is 1. The summed E-state index contributed by atoms with van der Waals surface area (Å²) in [6, 6.07) is 7.77. The summed E-state index contributed by atoms with van der Waals surface area (Å²) in [4.78, 5) is 15.9. The molecule has 0 unspecified atom stereocenters. The van der Waals surface area contributed by atoms with E-state index in [0.29, 0.717) is 17.9 Å². The number of hydrogen-bond acceptors (Lipinski definition) is 5. The number of fused-ring (bicyclic) bond motifs is 1. The van der Waals surface area contributed by atoms with Crippen molar-refractivity contribution in [2.45, 2.75) is 38.8 Å². The van der Waals surface area contributed by atoms with E-state index in [0.717, 1.165) is 29.4 Å². The Hall–Kier alpha value is -2.65. The Morgan fingerprint density at radius 1 is 1.46 bits per heavy atom. The van der Waals surface area contributed by atoms with Gasteiger partial charge in [-0.15, -0.1) is 0 Å². The third-order valence-electron chi connectivity index (χ3n) is 4.14. The van der Waals surface area contributed by atoms with Crippen LogP contribution in [-0.4, -0.2) is 29.6 Å². The van der Waals surface area contributed by atoms with Gasteiger partial charge in [0.2, 0.25) is 5.91 Å². The highest BCUT2D eigenvalue weighted by Gasteiger charge is 2.21. The van der Waals surface area contributed by atoms with Crippen molar-refractivity contribution in [2.75, 3.05) is 17.2 Å². The molecule has 0 spiro atoms. The first-order valence-corrected chi connectivity index (χ1v) is 8.05. The zero-order valence-corrected chi connectivity index (χ0v) is 13.8. The van der Waals surface area contributed by atoms with E-state index in [9.17, 15) is 10.1 Å². The first-order valence-electron chi connectivity index (χ1n) is 8.05. The van der Waals surface area contributed by atoms with Gasteiger partial charge in [-0.2, -0.15) is 5.26 Å². The van der Waals surface area contributed by atoms with Crippen LogP contribution in [0.5, 0.6) is 0 Å². The minimum atomic E-state index is -0.156. The molecule has 0 saturated carbocycles. The van der Waals surface area contributed by atoms with E-state index in [2.05, 4.69) is 28.6 Å². The van der Waals surface area contributed by atoms with E-state index in [1.807, 2.05) is 6.07 Å². The Kier molecular flexibility index (Phi) is 4.63. The highest BCUT2D eigenvalue weighted by molar-refractivity contribution is 6.02. The molecular weight excluding hydrogens is 304 g/mol. The summed E-state index contributed by atoms with van der Waals surface area (Å²) < 4.78 is 5.60. The summed E-state index contributed by atoms with van der Waals surface area (Å²) in [5, 5.41) is 16.4. The molecule has 3 rings (SSSR count). The molecule has 0 bridgehead atoms. The minimum absolute atomic E-state index is 0.156. The molecule has 1 amide bonds. The van der Waals surface area contributed by atoms with E-state index in [-0.39, 0.29) is 18.1 Å². The van der Waals surface area contributed by atoms with Gasteiger partial charge in [-0.1, -0.05) is 0 Å². The van der Waals surface area contributed by atoms with Crippen LogP contribution in [0.3, 0.4) is 0 Å². The number of anilines is 2. The molecule has 1 aromatic heterocycles. The number of carbonyl (C=O) groups is 1. The summed E-state index contributed by atoms with van der Waals surface area (Å²) in [6.45, 7) is 4.23. The van der Waals surface area contributed by atoms with Crippen molar-refractivity contribution in [3.8, 4) is 6.07 Å². The molecule has 1 aliphatic rings. The Balaban J connectivity index is 2.05. The van der Waals surface area contributed by atoms with Crippen LogP contribution in [0, 0.1) is 11.3 Å². The van der Waals surface area contributed by atoms with Gasteiger partial charge in [0.15, 0.2) is 0 Å². The first kappa shape index (κ1) is 16.2. The third kappa shape index (κ3) is 3.47. The van der Waals surface area contributed by atoms with E-state index in [4.69, 9.17) is 4.74 Å². The Morgan fingerprint density at radius 3 is 3.00 bits per heavy atom. The van der Waals surface area contributed by atoms with Gasteiger partial charge in [0.05, 0.1) is 40.8 Å². The lowest BCUT2D eigenvalue weighted by atomic mass is 10.0. The van der Waals surface area contributed by atoms with Crippen LogP contribution in [0.4, 0.5) is 11.4 Å². The number of benzene rings is 1. The highest BCUT2D eigenvalue weighted by Crippen LogP contribution is 2.32. The minimum Gasteiger partial charge on any atom is -0.380 e. The van der Waals surface area contributed by atoms with Crippen LogP contribution < -0.4 is 10.6 Å². The van der Waals surface area contributed by atoms with Crippen molar-refractivity contribution in [1.82, 2.24) is 4.98 Å². The lowest BCUT2D eigenvalue weighted by molar-refractivity contribution is -0.114. The Labute approximate surface area is 140 Å². The quantitative estimate of drug-likeness (QED) is 0.906. The molecule has 0 aliphatic carbocycles. The van der Waals surface area contributed by atoms with Crippen LogP contribution >= 0.6 is 0 Å². The number of hydrogen-bond donors (Lipinski definition) is 2. The van der Waals surface area contributed by atoms with Gasteiger partial charge in [0, 0.05) is 25.0 Å². The van der Waals surface area contributed by atoms with Crippen molar-refractivity contribution >= 4 is 28.2 Å². The number of nitriles is 1. The fraction of sp³-hybridized carbons (Fsp3) is 0.389. The maximum absolute atomic E-state index is 11.5. The molecule has 1 aromatic carbocycles. The molecule has 2 N–H and O–H groups in total. The topological polar surface area (TPSA) is 87.0 Å². The molecule has 6 nitrogen and oxygen atoms in total. The number of ether oxygens (including phenoxy) is 1. The monoisotopic (exact) mass is 324 g/mol. The molecule has 0 radical (unpaired) electrons. The Morgan fingerprint density at radius 2 is 2.29 bits per heavy atom. The maximum Gasteiger partial charge on any atom is 0.221 e. The lowest BCUT2D eigenvalue weighted by Gasteiger charge is -2.30. The number of nitrogens with one attached hydrogen (secondary N) is 2. The highest BCUT2D eigenvalue weighted by atomic mass is 16.5. The second-order valence-electron chi connectivity index (χ2n) is 6.12. The predicted octanol–water partition coefficient (Wildman–Crippen LogP) is 3.04. The van der Waals surface area contributed by atoms with Crippen LogP contribution in [0.1, 0.15) is 32.3 Å². The molecule has 2 atom stereocenters. The molecule has 124 valence electrons.